The molecule has 0 aromatic heterocycles. The van der Waals surface area contributed by atoms with Gasteiger partial charge in [0.1, 0.15) is 19.3 Å². The summed E-state index contributed by atoms with van der Waals surface area (Å²) in [6.45, 7) is 4.26. The third-order valence-corrected chi connectivity index (χ3v) is 16.1. The van der Waals surface area contributed by atoms with Crippen molar-refractivity contribution in [1.82, 2.24) is 0 Å². The van der Waals surface area contributed by atoms with Crippen molar-refractivity contribution < 1.29 is 80.2 Å². The summed E-state index contributed by atoms with van der Waals surface area (Å²) in [5.41, 5.74) is 0. The minimum absolute atomic E-state index is 0.0257. The molecule has 0 saturated heterocycles. The second kappa shape index (κ2) is 69.9. The Kier molecular flexibility index (Phi) is 65.9. The maximum atomic E-state index is 13.0. The Balaban J connectivity index is 5.47. The molecule has 0 aromatic carbocycles. The van der Waals surface area contributed by atoms with Gasteiger partial charge in [-0.05, 0) is 161 Å². The third-order valence-electron chi connectivity index (χ3n) is 14.2. The van der Waals surface area contributed by atoms with Crippen LogP contribution in [0.5, 0.6) is 0 Å². The lowest BCUT2D eigenvalue weighted by Crippen LogP contribution is -2.30. The molecule has 3 N–H and O–H groups in total. The number of carbonyl (C=O) groups excluding carboxylic acids is 4. The smallest absolute Gasteiger partial charge is 0.462 e. The first-order valence-corrected chi connectivity index (χ1v) is 39.4. The van der Waals surface area contributed by atoms with E-state index in [1.54, 1.807) is 0 Å². The maximum absolute atomic E-state index is 13.0. The minimum atomic E-state index is -5.00. The van der Waals surface area contributed by atoms with Crippen LogP contribution in [0.4, 0.5) is 0 Å². The van der Waals surface area contributed by atoms with Crippen molar-refractivity contribution in [3.05, 3.63) is 170 Å². The summed E-state index contributed by atoms with van der Waals surface area (Å²) in [6, 6.07) is 0. The van der Waals surface area contributed by atoms with Crippen molar-refractivity contribution in [2.24, 2.45) is 0 Å². The van der Waals surface area contributed by atoms with Crippen molar-refractivity contribution in [2.75, 3.05) is 39.6 Å². The van der Waals surface area contributed by atoms with Gasteiger partial charge in [-0.15, -0.1) is 0 Å². The highest BCUT2D eigenvalue weighted by molar-refractivity contribution is 7.47. The maximum Gasteiger partial charge on any atom is 0.472 e. The van der Waals surface area contributed by atoms with Gasteiger partial charge in [-0.25, -0.2) is 9.13 Å². The van der Waals surface area contributed by atoms with Crippen molar-refractivity contribution in [2.45, 2.75) is 264 Å². The number of aliphatic hydroxyl groups is 1. The van der Waals surface area contributed by atoms with Gasteiger partial charge in [0.2, 0.25) is 0 Å². The van der Waals surface area contributed by atoms with E-state index >= 15 is 0 Å². The van der Waals surface area contributed by atoms with E-state index in [-0.39, 0.29) is 25.7 Å². The molecule has 554 valence electrons. The molecule has 0 heterocycles. The van der Waals surface area contributed by atoms with E-state index in [4.69, 9.17) is 37.0 Å². The molecular weight excluding hydrogens is 1280 g/mol. The first-order valence-electron chi connectivity index (χ1n) is 36.4. The Morgan fingerprint density at radius 1 is 0.296 bits per heavy atom. The van der Waals surface area contributed by atoms with Gasteiger partial charge in [0, 0.05) is 25.7 Å². The van der Waals surface area contributed by atoms with Crippen LogP contribution < -0.4 is 0 Å². The zero-order chi connectivity index (χ0) is 71.8. The Morgan fingerprint density at radius 2 is 0.541 bits per heavy atom. The van der Waals surface area contributed by atoms with Crippen molar-refractivity contribution in [3.63, 3.8) is 0 Å². The highest BCUT2D eigenvalue weighted by Gasteiger charge is 2.30. The standard InChI is InChI=1S/C79H126O17P2/c1-5-9-13-17-21-25-29-32-35-36-39-41-45-48-52-56-60-64-77(82)89-69-74(95-78(83)65-61-57-53-49-43-28-24-20-16-12-8-4)71-93-97(85,86)91-67-73(80)68-92-98(87,88)94-72-75(96-79(84)66-62-58-54-50-46-42-38-34-31-27-23-19-15-11-7-3)70-90-76(81)63-59-55-51-47-44-40-37-33-30-26-22-18-14-10-6-2/h9-11,13-15,20-27,32-35,37-39,41,44,46-48,50,52,73-75,80H,5-8,12,16-19,28-31,36,40,42-43,45,49,51,53-72H2,1-4H3,(H,85,86)(H,87,88)/b13-9-,14-10-,15-11-,24-20-,25-21-,26-22-,27-23-,35-32-,37-33-,38-34-,41-39-,47-44-,50-46-,52-48-. The molecule has 0 spiro atoms. The summed E-state index contributed by atoms with van der Waals surface area (Å²) in [6.07, 6.45) is 81.0. The summed E-state index contributed by atoms with van der Waals surface area (Å²) in [7, 11) is -10.0. The first-order chi connectivity index (χ1) is 47.7. The molecule has 19 heteroatoms. The zero-order valence-electron chi connectivity index (χ0n) is 60.1. The topological polar surface area (TPSA) is 237 Å². The Bertz CT molecular complexity index is 2530. The van der Waals surface area contributed by atoms with Crippen molar-refractivity contribution in [3.8, 4) is 0 Å². The van der Waals surface area contributed by atoms with Crippen LogP contribution in [0.25, 0.3) is 0 Å². The third kappa shape index (κ3) is 68.9. The van der Waals surface area contributed by atoms with Crippen molar-refractivity contribution in [1.29, 1.82) is 0 Å². The van der Waals surface area contributed by atoms with Crippen LogP contribution >= 0.6 is 15.6 Å². The Morgan fingerprint density at radius 3 is 0.888 bits per heavy atom. The van der Waals surface area contributed by atoms with E-state index in [0.717, 1.165) is 148 Å². The number of rotatable bonds is 66. The number of phosphoric acid groups is 2. The summed E-state index contributed by atoms with van der Waals surface area (Å²) < 4.78 is 68.2. The predicted octanol–water partition coefficient (Wildman–Crippen LogP) is 20.7. The Labute approximate surface area is 591 Å². The number of phosphoric ester groups is 2. The van der Waals surface area contributed by atoms with Gasteiger partial charge in [0.05, 0.1) is 26.4 Å². The molecule has 17 nitrogen and oxygen atoms in total. The van der Waals surface area contributed by atoms with Gasteiger partial charge in [-0.2, -0.15) is 0 Å². The fraction of sp³-hybridized carbons (Fsp3) is 0.595. The lowest BCUT2D eigenvalue weighted by molar-refractivity contribution is -0.161. The molecule has 0 rings (SSSR count). The molecule has 0 aromatic rings. The largest absolute Gasteiger partial charge is 0.472 e. The summed E-state index contributed by atoms with van der Waals surface area (Å²) in [5.74, 6) is -2.37. The van der Waals surface area contributed by atoms with E-state index in [0.29, 0.717) is 38.5 Å². The minimum Gasteiger partial charge on any atom is -0.462 e. The summed E-state index contributed by atoms with van der Waals surface area (Å²) in [5, 5.41) is 10.6. The van der Waals surface area contributed by atoms with Crippen LogP contribution in [0.1, 0.15) is 246 Å². The van der Waals surface area contributed by atoms with E-state index < -0.39 is 97.5 Å². The molecule has 0 bridgehead atoms. The number of esters is 4. The van der Waals surface area contributed by atoms with Gasteiger partial charge >= 0.3 is 39.5 Å². The van der Waals surface area contributed by atoms with Crippen LogP contribution in [0, 0.1) is 0 Å². The van der Waals surface area contributed by atoms with Gasteiger partial charge in [-0.3, -0.25) is 37.3 Å². The number of unbranched alkanes of at least 4 members (excludes halogenated alkanes) is 12. The Hall–Kier alpha value is -5.58. The molecule has 0 radical (unpaired) electrons. The van der Waals surface area contributed by atoms with E-state index in [2.05, 4.69) is 180 Å². The number of aliphatic hydroxyl groups excluding tert-OH is 1. The van der Waals surface area contributed by atoms with Gasteiger partial charge in [-0.1, -0.05) is 230 Å². The number of hydrogen-bond acceptors (Lipinski definition) is 15. The number of allylic oxidation sites excluding steroid dienone is 28. The molecule has 98 heavy (non-hydrogen) atoms. The number of ether oxygens (including phenoxy) is 4. The summed E-state index contributed by atoms with van der Waals surface area (Å²) >= 11 is 0. The van der Waals surface area contributed by atoms with Crippen LogP contribution in [-0.2, 0) is 65.4 Å². The van der Waals surface area contributed by atoms with E-state index in [1.165, 1.54) is 6.42 Å². The van der Waals surface area contributed by atoms with Gasteiger partial charge in [0.25, 0.3) is 0 Å². The molecule has 0 aliphatic carbocycles. The molecule has 0 aliphatic rings. The number of carbonyl (C=O) groups is 4. The highest BCUT2D eigenvalue weighted by atomic mass is 31.2. The van der Waals surface area contributed by atoms with E-state index in [1.807, 2.05) is 18.2 Å². The second-order valence-corrected chi connectivity index (χ2v) is 26.3. The first kappa shape index (κ1) is 92.4. The lowest BCUT2D eigenvalue weighted by atomic mass is 10.1. The fourth-order valence-corrected chi connectivity index (χ4v) is 10.3. The van der Waals surface area contributed by atoms with Gasteiger partial charge < -0.3 is 33.8 Å². The van der Waals surface area contributed by atoms with Crippen molar-refractivity contribution >= 4 is 39.5 Å². The van der Waals surface area contributed by atoms with Crippen LogP contribution in [0.3, 0.4) is 0 Å². The SMILES string of the molecule is CC/C=C\C/C=C\C/C=C\C/C=C\C/C=C\CCCC(=O)OCC(COP(=O)(O)OCC(O)COP(=O)(O)OCC(COC(=O)CCCC/C=C\C/C=C\C/C=C\C/C=C\CC)OC(=O)CCCC/C=C\C/C=C\C/C=C\C/C=C\CC)OC(=O)CCCCCCC/C=C\CCCC. The molecule has 0 aliphatic heterocycles. The average Bonchev–Trinajstić information content (AvgIpc) is 0.986. The molecule has 5 unspecified atom stereocenters. The molecule has 0 saturated carbocycles. The monoisotopic (exact) mass is 1410 g/mol. The molecule has 0 fully saturated rings. The van der Waals surface area contributed by atoms with Gasteiger partial charge in [0.15, 0.2) is 12.2 Å². The second-order valence-electron chi connectivity index (χ2n) is 23.4. The predicted molar refractivity (Wildman–Crippen MR) is 399 cm³/mol. The fourth-order valence-electron chi connectivity index (χ4n) is 8.69. The quantitative estimate of drug-likeness (QED) is 0.0169. The van der Waals surface area contributed by atoms with E-state index in [9.17, 15) is 43.2 Å². The molecule has 5 atom stereocenters. The zero-order valence-corrected chi connectivity index (χ0v) is 61.9. The van der Waals surface area contributed by atoms with Crippen LogP contribution in [0.15, 0.2) is 170 Å². The van der Waals surface area contributed by atoms with Crippen LogP contribution in [-0.4, -0.2) is 96.7 Å². The number of hydrogen-bond donors (Lipinski definition) is 3. The highest BCUT2D eigenvalue weighted by Crippen LogP contribution is 2.45. The average molecular weight is 1410 g/mol. The van der Waals surface area contributed by atoms with Crippen LogP contribution in [0.2, 0.25) is 0 Å². The molecule has 0 amide bonds. The summed E-state index contributed by atoms with van der Waals surface area (Å²) in [4.78, 5) is 72.7. The normalized spacial score (nSPS) is 15.0. The lowest BCUT2D eigenvalue weighted by Gasteiger charge is -2.21. The molecular formula is C79H126O17P2.